The normalized spacial score (nSPS) is 11.0. The SMILES string of the molecule is COc1cc(OC)c(NC(=O)CSc2ccc(NS(=O)(=O)c3ccc(C)cc3)cc2)cc1Cl. The largest absolute Gasteiger partial charge is 0.495 e. The molecular weight excluding hydrogens is 484 g/mol. The van der Waals surface area contributed by atoms with Gasteiger partial charge in [0.25, 0.3) is 10.0 Å². The lowest BCUT2D eigenvalue weighted by Gasteiger charge is -2.13. The van der Waals surface area contributed by atoms with Gasteiger partial charge in [-0.05, 0) is 49.4 Å². The molecule has 0 fully saturated rings. The molecule has 10 heteroatoms. The number of halogens is 1. The average molecular weight is 507 g/mol. The fourth-order valence-corrected chi connectivity index (χ4v) is 4.84. The summed E-state index contributed by atoms with van der Waals surface area (Å²) in [6, 6.07) is 16.6. The van der Waals surface area contributed by atoms with Crippen molar-refractivity contribution in [2.75, 3.05) is 30.0 Å². The molecular formula is C23H23ClN2O5S2. The van der Waals surface area contributed by atoms with Crippen molar-refractivity contribution < 1.29 is 22.7 Å². The fraction of sp³-hybridized carbons (Fsp3) is 0.174. The van der Waals surface area contributed by atoms with E-state index in [4.69, 9.17) is 21.1 Å². The summed E-state index contributed by atoms with van der Waals surface area (Å²) in [5.41, 5.74) is 1.85. The van der Waals surface area contributed by atoms with Crippen molar-refractivity contribution in [3.63, 3.8) is 0 Å². The van der Waals surface area contributed by atoms with E-state index >= 15 is 0 Å². The second-order valence-electron chi connectivity index (χ2n) is 6.97. The van der Waals surface area contributed by atoms with Crippen LogP contribution in [0, 0.1) is 6.92 Å². The van der Waals surface area contributed by atoms with E-state index in [0.717, 1.165) is 10.5 Å². The lowest BCUT2D eigenvalue weighted by atomic mass is 10.2. The molecule has 0 aromatic heterocycles. The Morgan fingerprint density at radius 2 is 1.61 bits per heavy atom. The van der Waals surface area contributed by atoms with Crippen LogP contribution in [0.25, 0.3) is 0 Å². The summed E-state index contributed by atoms with van der Waals surface area (Å²) in [6.45, 7) is 1.89. The molecule has 0 unspecified atom stereocenters. The first-order valence-electron chi connectivity index (χ1n) is 9.75. The Balaban J connectivity index is 1.59. The molecule has 3 aromatic carbocycles. The number of thioether (sulfide) groups is 1. The number of amides is 1. The second-order valence-corrected chi connectivity index (χ2v) is 10.1. The number of sulfonamides is 1. The first kappa shape index (κ1) is 24.8. The molecule has 0 aliphatic rings. The predicted octanol–water partition coefficient (Wildman–Crippen LogP) is 5.20. The molecule has 3 rings (SSSR count). The Morgan fingerprint density at radius 1 is 0.970 bits per heavy atom. The van der Waals surface area contributed by atoms with Gasteiger partial charge in [0.15, 0.2) is 0 Å². The van der Waals surface area contributed by atoms with Gasteiger partial charge in [0, 0.05) is 16.6 Å². The van der Waals surface area contributed by atoms with Crippen LogP contribution in [-0.4, -0.2) is 34.3 Å². The zero-order valence-electron chi connectivity index (χ0n) is 18.2. The minimum atomic E-state index is -3.67. The molecule has 2 N–H and O–H groups in total. The van der Waals surface area contributed by atoms with Gasteiger partial charge in [0.2, 0.25) is 5.91 Å². The summed E-state index contributed by atoms with van der Waals surface area (Å²) in [6.07, 6.45) is 0. The third kappa shape index (κ3) is 6.56. The van der Waals surface area contributed by atoms with Crippen molar-refractivity contribution in [3.05, 3.63) is 71.2 Å². The molecule has 174 valence electrons. The monoisotopic (exact) mass is 506 g/mol. The number of benzene rings is 3. The summed E-state index contributed by atoms with van der Waals surface area (Å²) in [7, 11) is -0.689. The Hall–Kier alpha value is -2.88. The maximum absolute atomic E-state index is 12.5. The summed E-state index contributed by atoms with van der Waals surface area (Å²) < 4.78 is 38.0. The van der Waals surface area contributed by atoms with E-state index in [2.05, 4.69) is 10.0 Å². The second kappa shape index (κ2) is 10.8. The molecule has 0 aliphatic heterocycles. The molecule has 33 heavy (non-hydrogen) atoms. The summed E-state index contributed by atoms with van der Waals surface area (Å²) in [5, 5.41) is 3.12. The fourth-order valence-electron chi connectivity index (χ4n) is 2.84. The first-order valence-corrected chi connectivity index (χ1v) is 12.6. The maximum Gasteiger partial charge on any atom is 0.261 e. The van der Waals surface area contributed by atoms with Crippen molar-refractivity contribution in [1.29, 1.82) is 0 Å². The van der Waals surface area contributed by atoms with Crippen LogP contribution in [-0.2, 0) is 14.8 Å². The van der Waals surface area contributed by atoms with Crippen molar-refractivity contribution in [3.8, 4) is 11.5 Å². The van der Waals surface area contributed by atoms with Gasteiger partial charge in [-0.3, -0.25) is 9.52 Å². The van der Waals surface area contributed by atoms with Crippen molar-refractivity contribution in [1.82, 2.24) is 0 Å². The number of rotatable bonds is 9. The van der Waals surface area contributed by atoms with E-state index < -0.39 is 10.0 Å². The third-order valence-electron chi connectivity index (χ3n) is 4.56. The summed E-state index contributed by atoms with van der Waals surface area (Å²) in [5.74, 6) is 0.767. The molecule has 3 aromatic rings. The first-order chi connectivity index (χ1) is 15.7. The zero-order valence-corrected chi connectivity index (χ0v) is 20.6. The predicted molar refractivity (Wildman–Crippen MR) is 132 cm³/mol. The van der Waals surface area contributed by atoms with Gasteiger partial charge in [-0.2, -0.15) is 0 Å². The molecule has 7 nitrogen and oxygen atoms in total. The van der Waals surface area contributed by atoms with Gasteiger partial charge in [0.1, 0.15) is 11.5 Å². The van der Waals surface area contributed by atoms with E-state index in [1.54, 1.807) is 60.7 Å². The lowest BCUT2D eigenvalue weighted by molar-refractivity contribution is -0.113. The minimum Gasteiger partial charge on any atom is -0.495 e. The Bertz CT molecular complexity index is 1230. The van der Waals surface area contributed by atoms with Gasteiger partial charge in [-0.1, -0.05) is 29.3 Å². The number of methoxy groups -OCH3 is 2. The number of hydrogen-bond donors (Lipinski definition) is 2. The van der Waals surface area contributed by atoms with E-state index in [-0.39, 0.29) is 16.6 Å². The minimum absolute atomic E-state index is 0.140. The highest BCUT2D eigenvalue weighted by Gasteiger charge is 2.15. The van der Waals surface area contributed by atoms with Crippen LogP contribution in [0.5, 0.6) is 11.5 Å². The molecule has 0 saturated carbocycles. The lowest BCUT2D eigenvalue weighted by Crippen LogP contribution is -2.15. The summed E-state index contributed by atoms with van der Waals surface area (Å²) in [4.78, 5) is 13.4. The van der Waals surface area contributed by atoms with Crippen LogP contribution in [0.3, 0.4) is 0 Å². The van der Waals surface area contributed by atoms with Crippen LogP contribution < -0.4 is 19.5 Å². The van der Waals surface area contributed by atoms with Crippen LogP contribution in [0.2, 0.25) is 5.02 Å². The van der Waals surface area contributed by atoms with Crippen LogP contribution in [0.15, 0.2) is 70.5 Å². The van der Waals surface area contributed by atoms with E-state index in [9.17, 15) is 13.2 Å². The maximum atomic E-state index is 12.5. The van der Waals surface area contributed by atoms with Crippen LogP contribution in [0.1, 0.15) is 5.56 Å². The zero-order chi connectivity index (χ0) is 24.0. The number of anilines is 2. The van der Waals surface area contributed by atoms with Gasteiger partial charge in [-0.25, -0.2) is 8.42 Å². The van der Waals surface area contributed by atoms with Crippen LogP contribution >= 0.6 is 23.4 Å². The van der Waals surface area contributed by atoms with E-state index in [0.29, 0.717) is 27.9 Å². The number of nitrogens with one attached hydrogen (secondary N) is 2. The highest BCUT2D eigenvalue weighted by molar-refractivity contribution is 8.00. The molecule has 0 saturated heterocycles. The van der Waals surface area contributed by atoms with Crippen molar-refractivity contribution >= 4 is 50.7 Å². The van der Waals surface area contributed by atoms with Gasteiger partial charge >= 0.3 is 0 Å². The number of aryl methyl sites for hydroxylation is 1. The van der Waals surface area contributed by atoms with Gasteiger partial charge in [0.05, 0.1) is 35.6 Å². The molecule has 0 atom stereocenters. The molecule has 1 amide bonds. The molecule has 0 aliphatic carbocycles. The number of carbonyl (C=O) groups is 1. The quantitative estimate of drug-likeness (QED) is 0.387. The average Bonchev–Trinajstić information content (AvgIpc) is 2.79. The van der Waals surface area contributed by atoms with Gasteiger partial charge < -0.3 is 14.8 Å². The number of carbonyl (C=O) groups excluding carboxylic acids is 1. The smallest absolute Gasteiger partial charge is 0.261 e. The van der Waals surface area contributed by atoms with Crippen molar-refractivity contribution in [2.24, 2.45) is 0 Å². The third-order valence-corrected chi connectivity index (χ3v) is 7.26. The Morgan fingerprint density at radius 3 is 2.21 bits per heavy atom. The highest BCUT2D eigenvalue weighted by Crippen LogP contribution is 2.36. The van der Waals surface area contributed by atoms with Crippen molar-refractivity contribution in [2.45, 2.75) is 16.7 Å². The standard InChI is InChI=1S/C23H23ClN2O5S2/c1-15-4-10-18(11-5-15)33(28,29)26-16-6-8-17(9-7-16)32-14-23(27)25-20-12-19(24)21(30-2)13-22(20)31-3/h4-13,26H,14H2,1-3H3,(H,25,27). The highest BCUT2D eigenvalue weighted by atomic mass is 35.5. The Labute approximate surface area is 202 Å². The summed E-state index contributed by atoms with van der Waals surface area (Å²) >= 11 is 7.45. The van der Waals surface area contributed by atoms with E-state index in [1.807, 2.05) is 6.92 Å². The molecule has 0 heterocycles. The number of hydrogen-bond acceptors (Lipinski definition) is 6. The van der Waals surface area contributed by atoms with Gasteiger partial charge in [-0.15, -0.1) is 11.8 Å². The number of ether oxygens (including phenoxy) is 2. The Kier molecular flexibility index (Phi) is 8.12. The topological polar surface area (TPSA) is 93.7 Å². The molecule has 0 spiro atoms. The van der Waals surface area contributed by atoms with Crippen LogP contribution in [0.4, 0.5) is 11.4 Å². The van der Waals surface area contributed by atoms with E-state index in [1.165, 1.54) is 26.0 Å². The molecule has 0 radical (unpaired) electrons. The molecule has 0 bridgehead atoms.